The normalized spacial score (nSPS) is 13.7. The molecule has 41 heavy (non-hydrogen) atoms. The van der Waals surface area contributed by atoms with Crippen LogP contribution in [0.5, 0.6) is 17.2 Å². The Hall–Kier alpha value is -4.09. The van der Waals surface area contributed by atoms with E-state index in [2.05, 4.69) is 10.3 Å². The zero-order valence-corrected chi connectivity index (χ0v) is 24.2. The van der Waals surface area contributed by atoms with Crippen molar-refractivity contribution in [2.75, 3.05) is 21.3 Å². The number of para-hydroxylation sites is 1. The third-order valence-electron chi connectivity index (χ3n) is 7.01. The average molecular weight is 570 g/mol. The number of rotatable bonds is 13. The van der Waals surface area contributed by atoms with E-state index in [9.17, 15) is 19.5 Å². The van der Waals surface area contributed by atoms with E-state index < -0.39 is 35.3 Å². The second-order valence-corrected chi connectivity index (χ2v) is 10.9. The van der Waals surface area contributed by atoms with Crippen molar-refractivity contribution in [1.82, 2.24) is 15.8 Å². The molecular formula is C30H39N3O8. The van der Waals surface area contributed by atoms with E-state index in [0.29, 0.717) is 35.8 Å². The third-order valence-corrected chi connectivity index (χ3v) is 7.01. The number of aliphatic hydroxyl groups excluding tert-OH is 1. The van der Waals surface area contributed by atoms with Crippen LogP contribution in [0.3, 0.4) is 0 Å². The van der Waals surface area contributed by atoms with Crippen molar-refractivity contribution in [2.24, 2.45) is 11.3 Å². The number of aliphatic hydroxyl groups is 1. The number of methoxy groups -OCH3 is 3. The van der Waals surface area contributed by atoms with Gasteiger partial charge in [0.2, 0.25) is 17.4 Å². The molecule has 0 saturated heterocycles. The van der Waals surface area contributed by atoms with Crippen LogP contribution in [-0.2, 0) is 16.0 Å². The Bertz CT molecular complexity index is 1320. The molecule has 3 aromatic rings. The number of aryl methyl sites for hydroxylation is 1. The second-order valence-electron chi connectivity index (χ2n) is 10.9. The molecule has 0 saturated carbocycles. The summed E-state index contributed by atoms with van der Waals surface area (Å²) in [4.78, 5) is 42.4. The number of nitrogens with one attached hydrogen (secondary N) is 3. The van der Waals surface area contributed by atoms with E-state index in [1.54, 1.807) is 18.2 Å². The smallest absolute Gasteiger partial charge is 0.272 e. The largest absolute Gasteiger partial charge is 0.493 e. The number of ether oxygens (including phenoxy) is 3. The highest BCUT2D eigenvalue weighted by atomic mass is 16.5. The molecule has 0 radical (unpaired) electrons. The number of carbonyl (C=O) groups excluding carboxylic acids is 3. The molecule has 0 spiro atoms. The molecule has 3 atom stereocenters. The highest BCUT2D eigenvalue weighted by molar-refractivity contribution is 6.04. The highest BCUT2D eigenvalue weighted by Crippen LogP contribution is 2.38. The molecule has 1 aromatic heterocycles. The van der Waals surface area contributed by atoms with E-state index in [0.717, 1.165) is 16.5 Å². The van der Waals surface area contributed by atoms with Crippen molar-refractivity contribution in [3.63, 3.8) is 0 Å². The lowest BCUT2D eigenvalue weighted by Crippen LogP contribution is -2.53. The van der Waals surface area contributed by atoms with Crippen molar-refractivity contribution in [3.05, 3.63) is 53.7 Å². The summed E-state index contributed by atoms with van der Waals surface area (Å²) in [5, 5.41) is 23.4. The van der Waals surface area contributed by atoms with Crippen LogP contribution in [0.25, 0.3) is 10.9 Å². The van der Waals surface area contributed by atoms with Crippen LogP contribution in [0, 0.1) is 11.3 Å². The van der Waals surface area contributed by atoms with Crippen molar-refractivity contribution in [1.29, 1.82) is 0 Å². The standard InChI is InChI=1S/C30H39N3O8/c1-30(2,3)27(25(35)21-16-18-11-7-8-13-20(18)31-21)32-28(36)19(24(34)29(37)33-38)12-9-10-17-14-22(39-4)26(41-6)23(15-17)40-5/h7-8,11,13-16,19,24,27,31,34,38H,9-10,12H2,1-6H3,(H,32,36)(H,33,37)/t19-,24+,27-/m1/s1. The minimum absolute atomic E-state index is 0.0779. The summed E-state index contributed by atoms with van der Waals surface area (Å²) >= 11 is 0. The Morgan fingerprint density at radius 1 is 0.951 bits per heavy atom. The second kappa shape index (κ2) is 13.5. The Balaban J connectivity index is 1.82. The number of aromatic amines is 1. The van der Waals surface area contributed by atoms with Crippen LogP contribution in [0.4, 0.5) is 0 Å². The molecule has 2 aromatic carbocycles. The highest BCUT2D eigenvalue weighted by Gasteiger charge is 2.38. The van der Waals surface area contributed by atoms with Gasteiger partial charge in [-0.1, -0.05) is 39.0 Å². The van der Waals surface area contributed by atoms with Crippen LogP contribution in [-0.4, -0.2) is 66.4 Å². The first-order valence-electron chi connectivity index (χ1n) is 13.3. The molecule has 11 nitrogen and oxygen atoms in total. The van der Waals surface area contributed by atoms with E-state index in [1.165, 1.54) is 26.8 Å². The SMILES string of the molecule is COc1cc(CCC[C@@H](C(=O)N[C@H](C(=O)c2cc3ccccc3[nH]2)C(C)(C)C)[C@H](O)C(=O)NO)cc(OC)c1OC. The summed E-state index contributed by atoms with van der Waals surface area (Å²) in [6.45, 7) is 5.44. The maximum absolute atomic E-state index is 13.6. The molecule has 0 fully saturated rings. The van der Waals surface area contributed by atoms with Gasteiger partial charge in [-0.2, -0.15) is 0 Å². The molecule has 3 rings (SSSR count). The van der Waals surface area contributed by atoms with E-state index in [1.807, 2.05) is 45.0 Å². The molecule has 0 aliphatic heterocycles. The predicted octanol–water partition coefficient (Wildman–Crippen LogP) is 3.41. The van der Waals surface area contributed by atoms with E-state index >= 15 is 0 Å². The number of hydroxylamine groups is 1. The first kappa shape index (κ1) is 31.4. The van der Waals surface area contributed by atoms with Crippen LogP contribution in [0.1, 0.15) is 49.7 Å². The number of hydrogen-bond acceptors (Lipinski definition) is 8. The number of amides is 2. The fourth-order valence-corrected chi connectivity index (χ4v) is 4.77. The van der Waals surface area contributed by atoms with Crippen molar-refractivity contribution < 1.29 is 38.9 Å². The van der Waals surface area contributed by atoms with Crippen LogP contribution in [0.2, 0.25) is 0 Å². The zero-order chi connectivity index (χ0) is 30.3. The number of H-pyrrole nitrogens is 1. The Morgan fingerprint density at radius 2 is 1.59 bits per heavy atom. The molecule has 11 heteroatoms. The number of ketones is 1. The Kier molecular flexibility index (Phi) is 10.4. The molecule has 5 N–H and O–H groups in total. The van der Waals surface area contributed by atoms with Gasteiger partial charge in [-0.3, -0.25) is 19.6 Å². The summed E-state index contributed by atoms with van der Waals surface area (Å²) in [6.07, 6.45) is -0.939. The van der Waals surface area contributed by atoms with Crippen molar-refractivity contribution in [2.45, 2.75) is 52.2 Å². The number of Topliss-reactive ketones (excluding diaryl/α,β-unsaturated/α-hetero) is 1. The minimum atomic E-state index is -1.84. The molecule has 2 amide bonds. The predicted molar refractivity (Wildman–Crippen MR) is 152 cm³/mol. The fraction of sp³-hybridized carbons (Fsp3) is 0.433. The van der Waals surface area contributed by atoms with Gasteiger partial charge in [0.1, 0.15) is 6.10 Å². The van der Waals surface area contributed by atoms with Gasteiger partial charge in [-0.25, -0.2) is 5.48 Å². The Labute approximate surface area is 239 Å². The van der Waals surface area contributed by atoms with Gasteiger partial charge >= 0.3 is 0 Å². The first-order chi connectivity index (χ1) is 19.4. The summed E-state index contributed by atoms with van der Waals surface area (Å²) in [7, 11) is 4.52. The monoisotopic (exact) mass is 569 g/mol. The lowest BCUT2D eigenvalue weighted by Gasteiger charge is -2.32. The van der Waals surface area contributed by atoms with Gasteiger partial charge in [0, 0.05) is 10.9 Å². The third kappa shape index (κ3) is 7.36. The van der Waals surface area contributed by atoms with E-state index in [-0.39, 0.29) is 12.2 Å². The number of hydrogen-bond donors (Lipinski definition) is 5. The van der Waals surface area contributed by atoms with E-state index in [4.69, 9.17) is 19.4 Å². The van der Waals surface area contributed by atoms with Crippen molar-refractivity contribution >= 4 is 28.5 Å². The number of benzene rings is 2. The van der Waals surface area contributed by atoms with Gasteiger partial charge in [-0.05, 0) is 54.5 Å². The molecule has 0 bridgehead atoms. The number of aromatic nitrogens is 1. The molecule has 1 heterocycles. The summed E-state index contributed by atoms with van der Waals surface area (Å²) in [5.41, 5.74) is 2.65. The van der Waals surface area contributed by atoms with Gasteiger partial charge in [0.05, 0.1) is 39.0 Å². The molecular weight excluding hydrogens is 530 g/mol. The first-order valence-corrected chi connectivity index (χ1v) is 13.3. The van der Waals surface area contributed by atoms with Gasteiger partial charge in [-0.15, -0.1) is 0 Å². The maximum atomic E-state index is 13.6. The quantitative estimate of drug-likeness (QED) is 0.119. The average Bonchev–Trinajstić information content (AvgIpc) is 3.40. The van der Waals surface area contributed by atoms with Crippen LogP contribution >= 0.6 is 0 Å². The number of carbonyl (C=O) groups is 3. The molecule has 222 valence electrons. The zero-order valence-electron chi connectivity index (χ0n) is 24.2. The lowest BCUT2D eigenvalue weighted by atomic mass is 9.82. The molecule has 0 unspecified atom stereocenters. The summed E-state index contributed by atoms with van der Waals surface area (Å²) in [5.74, 6) is -2.00. The molecule has 0 aliphatic rings. The number of fused-ring (bicyclic) bond motifs is 1. The van der Waals surface area contributed by atoms with Crippen LogP contribution < -0.4 is 25.0 Å². The topological polar surface area (TPSA) is 159 Å². The van der Waals surface area contributed by atoms with Gasteiger partial charge in [0.25, 0.3) is 5.91 Å². The maximum Gasteiger partial charge on any atom is 0.272 e. The summed E-state index contributed by atoms with van der Waals surface area (Å²) < 4.78 is 16.2. The Morgan fingerprint density at radius 3 is 2.12 bits per heavy atom. The van der Waals surface area contributed by atoms with Crippen LogP contribution in [0.15, 0.2) is 42.5 Å². The van der Waals surface area contributed by atoms with Gasteiger partial charge < -0.3 is 29.6 Å². The van der Waals surface area contributed by atoms with Gasteiger partial charge in [0.15, 0.2) is 11.5 Å². The van der Waals surface area contributed by atoms with Crippen molar-refractivity contribution in [3.8, 4) is 17.2 Å². The lowest BCUT2D eigenvalue weighted by molar-refractivity contribution is -0.146. The molecule has 0 aliphatic carbocycles. The minimum Gasteiger partial charge on any atom is -0.493 e. The fourth-order valence-electron chi connectivity index (χ4n) is 4.77. The summed E-state index contributed by atoms with van der Waals surface area (Å²) in [6, 6.07) is 11.8.